The van der Waals surface area contributed by atoms with Crippen LogP contribution in [0.4, 0.5) is 5.69 Å². The Morgan fingerprint density at radius 1 is 1.17 bits per heavy atom. The molecule has 0 aromatic carbocycles. The highest BCUT2D eigenvalue weighted by Crippen LogP contribution is 2.10. The number of sulfone groups is 1. The second-order valence-electron chi connectivity index (χ2n) is 3.17. The van der Waals surface area contributed by atoms with Gasteiger partial charge in [0.2, 0.25) is 25.0 Å². The van der Waals surface area contributed by atoms with Gasteiger partial charge in [0, 0.05) is 0 Å². The largest absolute Gasteiger partial charge is 0.305 e. The third-order valence-electron chi connectivity index (χ3n) is 1.74. The van der Waals surface area contributed by atoms with E-state index >= 15 is 0 Å². The number of hydrogen-bond donors (Lipinski definition) is 1. The monoisotopic (exact) mass is 296 g/mol. The molecule has 0 amide bonds. The van der Waals surface area contributed by atoms with Crippen molar-refractivity contribution in [1.29, 1.82) is 0 Å². The summed E-state index contributed by atoms with van der Waals surface area (Å²) in [5, 5.41) is 14.3. The van der Waals surface area contributed by atoms with Gasteiger partial charge in [-0.1, -0.05) is 0 Å². The van der Waals surface area contributed by atoms with Crippen LogP contribution in [0.25, 0.3) is 0 Å². The van der Waals surface area contributed by atoms with Gasteiger partial charge in [0.1, 0.15) is 12.4 Å². The lowest BCUT2D eigenvalue weighted by molar-refractivity contribution is -0.385. The number of aromatic nitrogens is 2. The summed E-state index contributed by atoms with van der Waals surface area (Å²) in [5.41, 5.74) is -0.472. The minimum absolute atomic E-state index is 0.472. The molecule has 0 saturated carbocycles. The number of nitro groups is 1. The standard InChI is InChI=1S/C6H8N4O6S2/c7-18(15,16)2-1-17(13,14)6-8-3-5(4-9-6)10(11)12/h3-4H,1-2H2,(H2,7,15,16). The Labute approximate surface area is 102 Å². The molecule has 10 nitrogen and oxygen atoms in total. The van der Waals surface area contributed by atoms with E-state index in [1.54, 1.807) is 0 Å². The van der Waals surface area contributed by atoms with Crippen molar-refractivity contribution >= 4 is 25.5 Å². The predicted molar refractivity (Wildman–Crippen MR) is 58.7 cm³/mol. The number of hydrogen-bond acceptors (Lipinski definition) is 8. The number of rotatable bonds is 5. The molecule has 0 aliphatic carbocycles. The molecule has 0 atom stereocenters. The molecule has 100 valence electrons. The van der Waals surface area contributed by atoms with Gasteiger partial charge in [0.25, 0.3) is 0 Å². The van der Waals surface area contributed by atoms with Crippen LogP contribution in [0, 0.1) is 10.1 Å². The van der Waals surface area contributed by atoms with E-state index in [0.717, 1.165) is 12.4 Å². The second-order valence-corrected chi connectivity index (χ2v) is 6.90. The predicted octanol–water partition coefficient (Wildman–Crippen LogP) is -1.55. The average Bonchev–Trinajstić information content (AvgIpc) is 2.26. The summed E-state index contributed by atoms with van der Waals surface area (Å²) in [4.78, 5) is 16.1. The molecule has 0 aliphatic heterocycles. The molecule has 2 N–H and O–H groups in total. The summed E-state index contributed by atoms with van der Waals surface area (Å²) in [6.07, 6.45) is 1.44. The van der Waals surface area contributed by atoms with Gasteiger partial charge in [-0.15, -0.1) is 0 Å². The van der Waals surface area contributed by atoms with Crippen molar-refractivity contribution in [1.82, 2.24) is 9.97 Å². The smallest absolute Gasteiger partial charge is 0.258 e. The minimum Gasteiger partial charge on any atom is -0.258 e. The first-order valence-electron chi connectivity index (χ1n) is 4.31. The van der Waals surface area contributed by atoms with Crippen LogP contribution >= 0.6 is 0 Å². The van der Waals surface area contributed by atoms with Crippen molar-refractivity contribution in [3.63, 3.8) is 0 Å². The summed E-state index contributed by atoms with van der Waals surface area (Å²) >= 11 is 0. The molecule has 0 spiro atoms. The van der Waals surface area contributed by atoms with Crippen LogP contribution in [-0.2, 0) is 19.9 Å². The van der Waals surface area contributed by atoms with Crippen molar-refractivity contribution in [3.8, 4) is 0 Å². The molecular weight excluding hydrogens is 288 g/mol. The average molecular weight is 296 g/mol. The SMILES string of the molecule is NS(=O)(=O)CCS(=O)(=O)c1ncc([N+](=O)[O-])cn1. The zero-order valence-corrected chi connectivity index (χ0v) is 10.4. The van der Waals surface area contributed by atoms with Crippen molar-refractivity contribution in [3.05, 3.63) is 22.5 Å². The molecule has 0 bridgehead atoms. The summed E-state index contributed by atoms with van der Waals surface area (Å²) < 4.78 is 44.4. The lowest BCUT2D eigenvalue weighted by atomic mass is 10.6. The van der Waals surface area contributed by atoms with Crippen LogP contribution in [0.3, 0.4) is 0 Å². The maximum Gasteiger partial charge on any atom is 0.305 e. The molecule has 12 heteroatoms. The van der Waals surface area contributed by atoms with E-state index in [2.05, 4.69) is 15.1 Å². The maximum absolute atomic E-state index is 11.5. The highest BCUT2D eigenvalue weighted by atomic mass is 32.2. The van der Waals surface area contributed by atoms with Gasteiger partial charge in [-0.2, -0.15) is 0 Å². The molecule has 1 rings (SSSR count). The number of nitrogens with zero attached hydrogens (tertiary/aromatic N) is 3. The highest BCUT2D eigenvalue weighted by Gasteiger charge is 2.21. The van der Waals surface area contributed by atoms with Crippen molar-refractivity contribution in [2.45, 2.75) is 5.16 Å². The Morgan fingerprint density at radius 2 is 1.67 bits per heavy atom. The van der Waals surface area contributed by atoms with Gasteiger partial charge >= 0.3 is 5.69 Å². The molecule has 0 unspecified atom stereocenters. The summed E-state index contributed by atoms with van der Waals surface area (Å²) in [6.45, 7) is 0. The zero-order valence-electron chi connectivity index (χ0n) is 8.75. The molecule has 1 aromatic heterocycles. The molecule has 18 heavy (non-hydrogen) atoms. The van der Waals surface area contributed by atoms with Crippen molar-refractivity contribution in [2.75, 3.05) is 11.5 Å². The Morgan fingerprint density at radius 3 is 2.06 bits per heavy atom. The Kier molecular flexibility index (Phi) is 3.93. The van der Waals surface area contributed by atoms with Crippen LogP contribution in [0.5, 0.6) is 0 Å². The number of nitrogens with two attached hydrogens (primary N) is 1. The van der Waals surface area contributed by atoms with Crippen molar-refractivity contribution in [2.24, 2.45) is 5.14 Å². The van der Waals surface area contributed by atoms with Gasteiger partial charge < -0.3 is 0 Å². The van der Waals surface area contributed by atoms with Gasteiger partial charge in [0.15, 0.2) is 0 Å². The molecule has 1 aromatic rings. The summed E-state index contributed by atoms with van der Waals surface area (Å²) in [5.74, 6) is -1.57. The Hall–Kier alpha value is -1.66. The third-order valence-corrected chi connectivity index (χ3v) is 4.28. The van der Waals surface area contributed by atoms with Crippen LogP contribution in [0.1, 0.15) is 0 Å². The Balaban J connectivity index is 2.96. The second kappa shape index (κ2) is 4.91. The first-order chi connectivity index (χ1) is 8.12. The topological polar surface area (TPSA) is 163 Å². The van der Waals surface area contributed by atoms with Crippen LogP contribution < -0.4 is 5.14 Å². The van der Waals surface area contributed by atoms with E-state index in [0.29, 0.717) is 0 Å². The lowest BCUT2D eigenvalue weighted by Gasteiger charge is -2.01. The Bertz CT molecular complexity index is 650. The van der Waals surface area contributed by atoms with Gasteiger partial charge in [-0.05, 0) is 0 Å². The van der Waals surface area contributed by atoms with E-state index in [1.165, 1.54) is 0 Å². The quantitative estimate of drug-likeness (QED) is 0.387. The first kappa shape index (κ1) is 14.4. The molecular formula is C6H8N4O6S2. The molecule has 0 aliphatic rings. The maximum atomic E-state index is 11.5. The fourth-order valence-corrected chi connectivity index (χ4v) is 3.30. The van der Waals surface area contributed by atoms with Crippen LogP contribution in [0.2, 0.25) is 0 Å². The van der Waals surface area contributed by atoms with Crippen molar-refractivity contribution < 1.29 is 21.8 Å². The van der Waals surface area contributed by atoms with Gasteiger partial charge in [0.05, 0.1) is 16.4 Å². The summed E-state index contributed by atoms with van der Waals surface area (Å²) in [6, 6.07) is 0. The fraction of sp³-hybridized carbons (Fsp3) is 0.333. The molecule has 0 fully saturated rings. The summed E-state index contributed by atoms with van der Waals surface area (Å²) in [7, 11) is -7.97. The van der Waals surface area contributed by atoms with Crippen LogP contribution in [0.15, 0.2) is 17.6 Å². The van der Waals surface area contributed by atoms with E-state index in [1.807, 2.05) is 0 Å². The highest BCUT2D eigenvalue weighted by molar-refractivity contribution is 7.94. The zero-order chi connectivity index (χ0) is 14.0. The van der Waals surface area contributed by atoms with E-state index in [9.17, 15) is 26.9 Å². The van der Waals surface area contributed by atoms with E-state index in [4.69, 9.17) is 0 Å². The van der Waals surface area contributed by atoms with E-state index in [-0.39, 0.29) is 0 Å². The molecule has 1 heterocycles. The number of sulfonamides is 1. The minimum atomic E-state index is -4.04. The fourth-order valence-electron chi connectivity index (χ4n) is 0.881. The molecule has 0 saturated heterocycles. The third kappa shape index (κ3) is 3.97. The normalized spacial score (nSPS) is 12.3. The number of primary sulfonamides is 1. The first-order valence-corrected chi connectivity index (χ1v) is 7.68. The molecule has 0 radical (unpaired) electrons. The van der Waals surface area contributed by atoms with Gasteiger partial charge in [-0.3, -0.25) is 10.1 Å². The van der Waals surface area contributed by atoms with E-state index < -0.39 is 47.1 Å². The van der Waals surface area contributed by atoms with Gasteiger partial charge in [-0.25, -0.2) is 31.9 Å². The van der Waals surface area contributed by atoms with Crippen LogP contribution in [-0.4, -0.2) is 43.2 Å². The lowest BCUT2D eigenvalue weighted by Crippen LogP contribution is -2.24.